The average Bonchev–Trinajstić information content (AvgIpc) is 3.05. The maximum absolute atomic E-state index is 6.87. The van der Waals surface area contributed by atoms with Crippen molar-refractivity contribution in [3.8, 4) is 11.5 Å². The van der Waals surface area contributed by atoms with Crippen LogP contribution in [-0.2, 0) is 27.1 Å². The van der Waals surface area contributed by atoms with Crippen LogP contribution in [0, 0.1) is 13.8 Å². The molecule has 0 spiro atoms. The van der Waals surface area contributed by atoms with Gasteiger partial charge in [0, 0.05) is 0 Å². The molecule has 1 heterocycles. The minimum absolute atomic E-state index is 0.305. The maximum Gasteiger partial charge on any atom is 0.457 e. The first-order valence-corrected chi connectivity index (χ1v) is 23.2. The number of hydrogen-bond donors (Lipinski definition) is 0. The van der Waals surface area contributed by atoms with Crippen LogP contribution in [0.4, 0.5) is 0 Å². The molecule has 0 bridgehead atoms. The second-order valence-corrected chi connectivity index (χ2v) is 19.8. The number of hydrogen-bond acceptors (Lipinski definition) is 12. The van der Waals surface area contributed by atoms with Crippen LogP contribution in [0.5, 0.6) is 11.5 Å². The molecule has 2 aromatic carbocycles. The second-order valence-electron chi connectivity index (χ2n) is 11.1. The molecule has 1 aliphatic heterocycles. The zero-order valence-corrected chi connectivity index (χ0v) is 33.5. The Bertz CT molecular complexity index is 1420. The van der Waals surface area contributed by atoms with E-state index in [4.69, 9.17) is 54.3 Å². The van der Waals surface area contributed by atoms with Crippen molar-refractivity contribution in [2.75, 3.05) is 39.6 Å². The summed E-state index contributed by atoms with van der Waals surface area (Å²) in [6, 6.07) is 15.3. The van der Waals surface area contributed by atoms with E-state index < -0.39 is 30.6 Å². The summed E-state index contributed by atoms with van der Waals surface area (Å²) in [5.74, 6) is 1.01. The van der Waals surface area contributed by atoms with E-state index >= 15 is 0 Å². The topological polar surface area (TPSA) is 123 Å². The Labute approximate surface area is 289 Å². The van der Waals surface area contributed by atoms with E-state index in [0.717, 1.165) is 11.1 Å². The molecule has 0 N–H and O–H groups in total. The largest absolute Gasteiger partial charge is 0.457 e. The normalized spacial score (nSPS) is 17.5. The van der Waals surface area contributed by atoms with Crippen molar-refractivity contribution >= 4 is 30.6 Å². The summed E-state index contributed by atoms with van der Waals surface area (Å²) < 4.78 is 74.3. The van der Waals surface area contributed by atoms with Gasteiger partial charge in [-0.25, -0.2) is 0 Å². The lowest BCUT2D eigenvalue weighted by atomic mass is 10.2. The third-order valence-corrected chi connectivity index (χ3v) is 17.4. The van der Waals surface area contributed by atoms with Crippen LogP contribution in [0.25, 0.3) is 0 Å². The molecule has 16 heteroatoms. The Kier molecular flexibility index (Phi) is 17.6. The molecule has 2 aromatic rings. The summed E-state index contributed by atoms with van der Waals surface area (Å²) >= 11 is 0. The Balaban J connectivity index is 2.62. The maximum atomic E-state index is 6.87. The monoisotopic (exact) mass is 748 g/mol. The Morgan fingerprint density at radius 1 is 0.417 bits per heavy atom. The van der Waals surface area contributed by atoms with Crippen molar-refractivity contribution < 1.29 is 36.2 Å². The third kappa shape index (κ3) is 12.5. The minimum Gasteiger partial charge on any atom is -0.413 e. The number of benzene rings is 2. The molecule has 0 radical (unpaired) electrons. The fourth-order valence-electron chi connectivity index (χ4n) is 4.04. The van der Waals surface area contributed by atoms with Crippen LogP contribution in [0.3, 0.4) is 0 Å². The standard InChI is InChI=1S/C32H56N4O8P4/c1-9-21-37-45(38-22-10-2)33-46(39-23-11-3,40-24-12-4)35-48(43-31-19-15-17-29(7)27-31,44-32-20-16-18-30(8)28-32)36-47(34-45,41-25-13-5)42-26-14-6/h15-20,27-28H,9-14,21-26H2,1-8H3. The fraction of sp³-hybridized carbons (Fsp3) is 0.625. The van der Waals surface area contributed by atoms with Crippen molar-refractivity contribution in [1.29, 1.82) is 0 Å². The highest BCUT2D eigenvalue weighted by Crippen LogP contribution is 2.80. The fourth-order valence-corrected chi connectivity index (χ4v) is 17.1. The van der Waals surface area contributed by atoms with Crippen LogP contribution in [0.2, 0.25) is 0 Å². The van der Waals surface area contributed by atoms with Crippen LogP contribution < -0.4 is 9.05 Å². The Hall–Kier alpha value is -1.28. The summed E-state index contributed by atoms with van der Waals surface area (Å²) in [7, 11) is -14.8. The van der Waals surface area contributed by atoms with E-state index in [0.29, 0.717) is 89.7 Å². The summed E-state index contributed by atoms with van der Waals surface area (Å²) in [6.45, 7) is 18.0. The molecule has 0 atom stereocenters. The number of aryl methyl sites for hydroxylation is 2. The predicted octanol–water partition coefficient (Wildman–Crippen LogP) is 13.1. The SMILES string of the molecule is CCCOP1(OCCC)=NP(OCCC)(OCCC)=NP(Oc2cccc(C)c2)(Oc2cccc(C)c2)=NP(OCCC)(OCCC)=N1. The van der Waals surface area contributed by atoms with Gasteiger partial charge in [-0.1, -0.05) is 65.8 Å². The van der Waals surface area contributed by atoms with Gasteiger partial charge in [0.1, 0.15) is 11.5 Å². The van der Waals surface area contributed by atoms with Gasteiger partial charge >= 0.3 is 30.6 Å². The summed E-state index contributed by atoms with van der Waals surface area (Å²) in [4.78, 5) is 0. The molecule has 48 heavy (non-hydrogen) atoms. The summed E-state index contributed by atoms with van der Waals surface area (Å²) in [5.41, 5.74) is 1.98. The predicted molar refractivity (Wildman–Crippen MR) is 198 cm³/mol. The number of nitrogens with zero attached hydrogens (tertiary/aromatic N) is 4. The first kappa shape index (κ1) is 41.1. The molecule has 0 amide bonds. The molecule has 0 saturated carbocycles. The average molecular weight is 749 g/mol. The molecule has 272 valence electrons. The molecule has 12 nitrogen and oxygen atoms in total. The molecule has 0 fully saturated rings. The second kappa shape index (κ2) is 20.5. The van der Waals surface area contributed by atoms with E-state index in [9.17, 15) is 0 Å². The highest BCUT2D eigenvalue weighted by atomic mass is 31.3. The first-order chi connectivity index (χ1) is 23.1. The van der Waals surface area contributed by atoms with Gasteiger partial charge in [0.15, 0.2) is 0 Å². The number of rotatable bonds is 22. The van der Waals surface area contributed by atoms with Crippen molar-refractivity contribution in [1.82, 2.24) is 0 Å². The van der Waals surface area contributed by atoms with Gasteiger partial charge in [0.25, 0.3) is 0 Å². The van der Waals surface area contributed by atoms with Gasteiger partial charge in [-0.3, -0.25) is 0 Å². The van der Waals surface area contributed by atoms with E-state index in [1.807, 2.05) is 104 Å². The summed E-state index contributed by atoms with van der Waals surface area (Å²) in [6.07, 6.45) is 4.15. The first-order valence-electron chi connectivity index (χ1n) is 17.1. The molecular formula is C32H56N4O8P4. The molecule has 0 unspecified atom stereocenters. The summed E-state index contributed by atoms with van der Waals surface area (Å²) in [5, 5.41) is 0. The van der Waals surface area contributed by atoms with Crippen molar-refractivity contribution in [2.45, 2.75) is 93.9 Å². The van der Waals surface area contributed by atoms with Crippen LogP contribution >= 0.6 is 30.6 Å². The van der Waals surface area contributed by atoms with Crippen LogP contribution in [0.15, 0.2) is 66.6 Å². The Morgan fingerprint density at radius 3 is 0.958 bits per heavy atom. The van der Waals surface area contributed by atoms with E-state index in [-0.39, 0.29) is 0 Å². The van der Waals surface area contributed by atoms with Gasteiger partial charge in [-0.05, 0) is 87.8 Å². The van der Waals surface area contributed by atoms with Crippen molar-refractivity contribution in [3.63, 3.8) is 0 Å². The Morgan fingerprint density at radius 2 is 0.688 bits per heavy atom. The van der Waals surface area contributed by atoms with Gasteiger partial charge in [-0.2, -0.15) is 0 Å². The van der Waals surface area contributed by atoms with Gasteiger partial charge < -0.3 is 36.2 Å². The van der Waals surface area contributed by atoms with Gasteiger partial charge in [0.2, 0.25) is 0 Å². The minimum atomic E-state index is -3.89. The van der Waals surface area contributed by atoms with Crippen LogP contribution in [-0.4, -0.2) is 39.6 Å². The molecule has 0 aliphatic carbocycles. The molecule has 0 aromatic heterocycles. The van der Waals surface area contributed by atoms with E-state index in [1.165, 1.54) is 0 Å². The third-order valence-electron chi connectivity index (χ3n) is 6.11. The zero-order valence-electron chi connectivity index (χ0n) is 29.9. The lowest BCUT2D eigenvalue weighted by Gasteiger charge is -2.33. The van der Waals surface area contributed by atoms with Gasteiger partial charge in [-0.15, -0.1) is 18.1 Å². The lowest BCUT2D eigenvalue weighted by molar-refractivity contribution is 0.223. The van der Waals surface area contributed by atoms with E-state index in [1.54, 1.807) is 0 Å². The molecular weight excluding hydrogens is 692 g/mol. The highest BCUT2D eigenvalue weighted by Gasteiger charge is 2.45. The smallest absolute Gasteiger partial charge is 0.413 e. The van der Waals surface area contributed by atoms with Crippen molar-refractivity contribution in [3.05, 3.63) is 59.7 Å². The van der Waals surface area contributed by atoms with Gasteiger partial charge in [0.05, 0.1) is 39.6 Å². The molecule has 0 saturated heterocycles. The highest BCUT2D eigenvalue weighted by molar-refractivity contribution is 7.78. The van der Waals surface area contributed by atoms with E-state index in [2.05, 4.69) is 0 Å². The quantitative estimate of drug-likeness (QED) is 0.109. The van der Waals surface area contributed by atoms with Crippen LogP contribution in [0.1, 0.15) is 91.2 Å². The molecule has 1 aliphatic rings. The molecule has 3 rings (SSSR count). The zero-order chi connectivity index (χ0) is 34.9. The van der Waals surface area contributed by atoms with Crippen molar-refractivity contribution in [2.24, 2.45) is 18.1 Å². The lowest BCUT2D eigenvalue weighted by Crippen LogP contribution is -2.08.